The SMILES string of the molecule is CC(C)C1CSC1. The van der Waals surface area contributed by atoms with Crippen LogP contribution in [-0.4, -0.2) is 11.5 Å². The number of thioether (sulfide) groups is 1. The average Bonchev–Trinajstić information content (AvgIpc) is 1.23. The molecule has 7 heavy (non-hydrogen) atoms. The molecule has 1 heteroatoms. The van der Waals surface area contributed by atoms with E-state index in [1.165, 1.54) is 11.5 Å². The molecule has 1 fully saturated rings. The molecule has 0 radical (unpaired) electrons. The van der Waals surface area contributed by atoms with Gasteiger partial charge in [-0.05, 0) is 23.3 Å². The van der Waals surface area contributed by atoms with Crippen molar-refractivity contribution in [3.63, 3.8) is 0 Å². The Morgan fingerprint density at radius 2 is 2.00 bits per heavy atom. The zero-order valence-corrected chi connectivity index (χ0v) is 5.79. The molecule has 0 nitrogen and oxygen atoms in total. The van der Waals surface area contributed by atoms with E-state index in [9.17, 15) is 0 Å². The molecular formula is C6H12S. The Bertz CT molecular complexity index is 55.2. The molecule has 1 rings (SSSR count). The van der Waals surface area contributed by atoms with Gasteiger partial charge < -0.3 is 0 Å². The Morgan fingerprint density at radius 1 is 1.43 bits per heavy atom. The van der Waals surface area contributed by atoms with E-state index in [0.717, 1.165) is 11.8 Å². The van der Waals surface area contributed by atoms with Crippen LogP contribution in [0.25, 0.3) is 0 Å². The maximum atomic E-state index is 2.31. The Morgan fingerprint density at radius 3 is 2.00 bits per heavy atom. The van der Waals surface area contributed by atoms with Crippen molar-refractivity contribution >= 4 is 11.8 Å². The van der Waals surface area contributed by atoms with Crippen molar-refractivity contribution in [1.82, 2.24) is 0 Å². The molecule has 0 aromatic carbocycles. The lowest BCUT2D eigenvalue weighted by atomic mass is 10.00. The molecule has 0 aromatic rings. The van der Waals surface area contributed by atoms with Crippen LogP contribution in [0.5, 0.6) is 0 Å². The van der Waals surface area contributed by atoms with Crippen molar-refractivity contribution in [2.75, 3.05) is 11.5 Å². The predicted molar refractivity (Wildman–Crippen MR) is 35.7 cm³/mol. The quantitative estimate of drug-likeness (QED) is 0.505. The molecule has 0 spiro atoms. The van der Waals surface area contributed by atoms with Crippen LogP contribution in [0, 0.1) is 11.8 Å². The standard InChI is InChI=1S/C6H12S/c1-5(2)6-3-7-4-6/h5-6H,3-4H2,1-2H3. The summed E-state index contributed by atoms with van der Waals surface area (Å²) in [5, 5.41) is 0. The highest BCUT2D eigenvalue weighted by molar-refractivity contribution is 8.00. The molecule has 0 saturated carbocycles. The van der Waals surface area contributed by atoms with Crippen molar-refractivity contribution < 1.29 is 0 Å². The first-order valence-corrected chi connectivity index (χ1v) is 4.04. The van der Waals surface area contributed by atoms with E-state index in [4.69, 9.17) is 0 Å². The van der Waals surface area contributed by atoms with Gasteiger partial charge >= 0.3 is 0 Å². The van der Waals surface area contributed by atoms with Crippen molar-refractivity contribution in [2.24, 2.45) is 11.8 Å². The summed E-state index contributed by atoms with van der Waals surface area (Å²) < 4.78 is 0. The van der Waals surface area contributed by atoms with E-state index < -0.39 is 0 Å². The maximum Gasteiger partial charge on any atom is -0.00287 e. The summed E-state index contributed by atoms with van der Waals surface area (Å²) in [5.41, 5.74) is 0. The summed E-state index contributed by atoms with van der Waals surface area (Å²) in [6.07, 6.45) is 0. The van der Waals surface area contributed by atoms with Gasteiger partial charge in [-0.1, -0.05) is 13.8 Å². The molecule has 0 aliphatic carbocycles. The molecule has 1 aliphatic rings. The molecule has 1 aliphatic heterocycles. The summed E-state index contributed by atoms with van der Waals surface area (Å²) in [6.45, 7) is 4.62. The number of hydrogen-bond donors (Lipinski definition) is 0. The zero-order valence-electron chi connectivity index (χ0n) is 4.98. The molecular weight excluding hydrogens is 104 g/mol. The maximum absolute atomic E-state index is 2.31. The number of rotatable bonds is 1. The van der Waals surface area contributed by atoms with Gasteiger partial charge in [-0.3, -0.25) is 0 Å². The molecule has 0 atom stereocenters. The smallest absolute Gasteiger partial charge is 0.00287 e. The third kappa shape index (κ3) is 1.12. The Labute approximate surface area is 49.7 Å². The van der Waals surface area contributed by atoms with E-state index in [-0.39, 0.29) is 0 Å². The van der Waals surface area contributed by atoms with Crippen molar-refractivity contribution in [1.29, 1.82) is 0 Å². The molecule has 42 valence electrons. The minimum absolute atomic E-state index is 0.932. The Balaban J connectivity index is 2.14. The van der Waals surface area contributed by atoms with Crippen LogP contribution in [0.4, 0.5) is 0 Å². The van der Waals surface area contributed by atoms with Gasteiger partial charge in [0.25, 0.3) is 0 Å². The van der Waals surface area contributed by atoms with Crippen molar-refractivity contribution in [3.8, 4) is 0 Å². The Kier molecular flexibility index (Phi) is 1.63. The van der Waals surface area contributed by atoms with Gasteiger partial charge in [0.2, 0.25) is 0 Å². The van der Waals surface area contributed by atoms with E-state index in [1.807, 2.05) is 0 Å². The monoisotopic (exact) mass is 116 g/mol. The fourth-order valence-corrected chi connectivity index (χ4v) is 1.92. The summed E-state index contributed by atoms with van der Waals surface area (Å²) in [4.78, 5) is 0. The highest BCUT2D eigenvalue weighted by Crippen LogP contribution is 2.30. The molecule has 0 bridgehead atoms. The lowest BCUT2D eigenvalue weighted by Gasteiger charge is -2.28. The van der Waals surface area contributed by atoms with Crippen LogP contribution >= 0.6 is 11.8 Å². The van der Waals surface area contributed by atoms with Gasteiger partial charge in [-0.25, -0.2) is 0 Å². The zero-order chi connectivity index (χ0) is 5.28. The normalized spacial score (nSPS) is 22.7. The third-order valence-electron chi connectivity index (χ3n) is 1.61. The minimum atomic E-state index is 0.932. The van der Waals surface area contributed by atoms with E-state index in [1.54, 1.807) is 0 Å². The van der Waals surface area contributed by atoms with Gasteiger partial charge in [0.1, 0.15) is 0 Å². The largest absolute Gasteiger partial charge is 0.161 e. The van der Waals surface area contributed by atoms with Crippen LogP contribution in [-0.2, 0) is 0 Å². The van der Waals surface area contributed by atoms with Crippen LogP contribution < -0.4 is 0 Å². The fraction of sp³-hybridized carbons (Fsp3) is 1.00. The summed E-state index contributed by atoms with van der Waals surface area (Å²) in [7, 11) is 0. The van der Waals surface area contributed by atoms with Crippen molar-refractivity contribution in [3.05, 3.63) is 0 Å². The van der Waals surface area contributed by atoms with E-state index in [0.29, 0.717) is 0 Å². The van der Waals surface area contributed by atoms with Gasteiger partial charge in [0.15, 0.2) is 0 Å². The van der Waals surface area contributed by atoms with Crippen LogP contribution in [0.2, 0.25) is 0 Å². The number of hydrogen-bond acceptors (Lipinski definition) is 1. The molecule has 0 unspecified atom stereocenters. The van der Waals surface area contributed by atoms with Gasteiger partial charge in [0, 0.05) is 0 Å². The summed E-state index contributed by atoms with van der Waals surface area (Å²) in [6, 6.07) is 0. The second kappa shape index (κ2) is 2.08. The highest BCUT2D eigenvalue weighted by Gasteiger charge is 2.20. The highest BCUT2D eigenvalue weighted by atomic mass is 32.2. The lowest BCUT2D eigenvalue weighted by molar-refractivity contribution is 0.452. The average molecular weight is 116 g/mol. The second-order valence-electron chi connectivity index (χ2n) is 2.54. The molecule has 0 amide bonds. The Hall–Kier alpha value is 0.350. The van der Waals surface area contributed by atoms with Gasteiger partial charge in [-0.15, -0.1) is 0 Å². The fourth-order valence-electron chi connectivity index (χ4n) is 0.639. The third-order valence-corrected chi connectivity index (χ3v) is 2.93. The van der Waals surface area contributed by atoms with Crippen molar-refractivity contribution in [2.45, 2.75) is 13.8 Å². The first-order chi connectivity index (χ1) is 3.30. The van der Waals surface area contributed by atoms with Crippen LogP contribution in [0.3, 0.4) is 0 Å². The molecule has 1 heterocycles. The second-order valence-corrected chi connectivity index (χ2v) is 3.62. The predicted octanol–water partition coefficient (Wildman–Crippen LogP) is 2.01. The molecule has 1 saturated heterocycles. The summed E-state index contributed by atoms with van der Waals surface area (Å²) >= 11 is 2.07. The summed E-state index contributed by atoms with van der Waals surface area (Å²) in [5.74, 6) is 4.81. The van der Waals surface area contributed by atoms with E-state index in [2.05, 4.69) is 25.6 Å². The van der Waals surface area contributed by atoms with Gasteiger partial charge in [0.05, 0.1) is 0 Å². The first kappa shape index (κ1) is 5.49. The lowest BCUT2D eigenvalue weighted by Crippen LogP contribution is -2.23. The topological polar surface area (TPSA) is 0 Å². The van der Waals surface area contributed by atoms with Crippen LogP contribution in [0.15, 0.2) is 0 Å². The van der Waals surface area contributed by atoms with Gasteiger partial charge in [-0.2, -0.15) is 11.8 Å². The molecule has 0 aromatic heterocycles. The van der Waals surface area contributed by atoms with Crippen LogP contribution in [0.1, 0.15) is 13.8 Å². The minimum Gasteiger partial charge on any atom is -0.161 e. The molecule has 0 N–H and O–H groups in total. The van der Waals surface area contributed by atoms with E-state index >= 15 is 0 Å². The first-order valence-electron chi connectivity index (χ1n) is 2.88.